The molecule has 0 bridgehead atoms. The predicted octanol–water partition coefficient (Wildman–Crippen LogP) is 7.24. The molecule has 6 heteroatoms. The predicted molar refractivity (Wildman–Crippen MR) is 166 cm³/mol. The molecule has 216 valence electrons. The van der Waals surface area contributed by atoms with Crippen LogP contribution >= 0.6 is 0 Å². The first kappa shape index (κ1) is 32.5. The fourth-order valence-electron chi connectivity index (χ4n) is 4.99. The molecule has 0 unspecified atom stereocenters. The number of nitrogens with zero attached hydrogens (tertiary/aromatic N) is 4. The van der Waals surface area contributed by atoms with E-state index in [0.29, 0.717) is 0 Å². The van der Waals surface area contributed by atoms with Crippen molar-refractivity contribution >= 4 is 17.1 Å². The van der Waals surface area contributed by atoms with Crippen LogP contribution in [0.1, 0.15) is 108 Å². The maximum absolute atomic E-state index is 10.0. The first-order valence-electron chi connectivity index (χ1n) is 15.3. The maximum Gasteiger partial charge on any atom is 0.137 e. The summed E-state index contributed by atoms with van der Waals surface area (Å²) >= 11 is 0. The van der Waals surface area contributed by atoms with Crippen molar-refractivity contribution in [2.75, 3.05) is 31.1 Å². The summed E-state index contributed by atoms with van der Waals surface area (Å²) in [6.45, 7) is 20.7. The van der Waals surface area contributed by atoms with Gasteiger partial charge in [-0.05, 0) is 87.6 Å². The minimum atomic E-state index is 0.289. The number of hydrogen-bond acceptors (Lipinski definition) is 5. The van der Waals surface area contributed by atoms with Crippen molar-refractivity contribution in [3.05, 3.63) is 58.8 Å². The molecule has 2 aliphatic rings. The van der Waals surface area contributed by atoms with Crippen LogP contribution in [0.25, 0.3) is 5.65 Å². The van der Waals surface area contributed by atoms with Crippen LogP contribution in [0.2, 0.25) is 0 Å². The van der Waals surface area contributed by atoms with E-state index >= 15 is 0 Å². The Balaban J connectivity index is 0.000000217. The lowest BCUT2D eigenvalue weighted by atomic mass is 10.0. The number of anilines is 1. The Kier molecular flexibility index (Phi) is 14.2. The summed E-state index contributed by atoms with van der Waals surface area (Å²) in [4.78, 5) is 21.5. The van der Waals surface area contributed by atoms with E-state index in [1.165, 1.54) is 47.3 Å². The third-order valence-electron chi connectivity index (χ3n) is 7.04. The molecule has 0 atom stereocenters. The summed E-state index contributed by atoms with van der Waals surface area (Å²) in [5.74, 6) is 1.11. The minimum Gasteiger partial charge on any atom is -0.369 e. The molecule has 0 aromatic carbocycles. The molecule has 1 aliphatic heterocycles. The monoisotopic (exact) mass is 535 g/mol. The van der Waals surface area contributed by atoms with Crippen LogP contribution in [-0.4, -0.2) is 46.3 Å². The van der Waals surface area contributed by atoms with E-state index in [9.17, 15) is 4.79 Å². The summed E-state index contributed by atoms with van der Waals surface area (Å²) < 4.78 is 2.15. The van der Waals surface area contributed by atoms with Gasteiger partial charge < -0.3 is 19.4 Å². The largest absolute Gasteiger partial charge is 0.369 e. The lowest BCUT2D eigenvalue weighted by Gasteiger charge is -2.31. The number of hydrogen-bond donors (Lipinski definition) is 1. The zero-order valence-electron chi connectivity index (χ0n) is 25.9. The van der Waals surface area contributed by atoms with Crippen molar-refractivity contribution in [2.45, 2.75) is 106 Å². The van der Waals surface area contributed by atoms with Crippen LogP contribution in [0, 0.1) is 13.8 Å². The summed E-state index contributed by atoms with van der Waals surface area (Å²) in [7, 11) is 0. The first-order valence-corrected chi connectivity index (χ1v) is 15.3. The van der Waals surface area contributed by atoms with Gasteiger partial charge in [-0.3, -0.25) is 4.98 Å². The molecule has 0 amide bonds. The van der Waals surface area contributed by atoms with Gasteiger partial charge in [0.05, 0.1) is 5.69 Å². The summed E-state index contributed by atoms with van der Waals surface area (Å²) in [5.41, 5.74) is 9.26. The normalized spacial score (nSPS) is 14.4. The number of piperazine rings is 1. The van der Waals surface area contributed by atoms with Crippen LogP contribution in [0.4, 0.5) is 5.69 Å². The SMILES string of the molecule is CC.CCCC(C)=O.CCCc1c(N2CCNCC2)ccnc1C.CCc1cn2cc(C)nc2cc1C1CC1. The molecule has 6 nitrogen and oxygen atoms in total. The van der Waals surface area contributed by atoms with Gasteiger partial charge in [0.25, 0.3) is 0 Å². The Bertz CT molecular complexity index is 1140. The minimum absolute atomic E-state index is 0.289. The highest BCUT2D eigenvalue weighted by Crippen LogP contribution is 2.42. The number of imidazole rings is 1. The van der Waals surface area contributed by atoms with E-state index in [4.69, 9.17) is 0 Å². The average Bonchev–Trinajstić information content (AvgIpc) is 3.72. The van der Waals surface area contributed by atoms with E-state index < -0.39 is 0 Å². The fourth-order valence-corrected chi connectivity index (χ4v) is 4.99. The molecule has 0 radical (unpaired) electrons. The number of fused-ring (bicyclic) bond motifs is 1. The number of carbonyl (C=O) groups is 1. The van der Waals surface area contributed by atoms with Gasteiger partial charge in [0, 0.05) is 62.6 Å². The second kappa shape index (κ2) is 17.1. The zero-order chi connectivity index (χ0) is 28.8. The molecule has 1 saturated heterocycles. The summed E-state index contributed by atoms with van der Waals surface area (Å²) in [5, 5.41) is 3.39. The number of rotatable bonds is 7. The highest BCUT2D eigenvalue weighted by molar-refractivity contribution is 5.75. The van der Waals surface area contributed by atoms with Crippen LogP contribution < -0.4 is 10.2 Å². The number of pyridine rings is 2. The van der Waals surface area contributed by atoms with Crippen molar-refractivity contribution in [1.29, 1.82) is 0 Å². The third-order valence-corrected chi connectivity index (χ3v) is 7.04. The lowest BCUT2D eigenvalue weighted by molar-refractivity contribution is -0.117. The summed E-state index contributed by atoms with van der Waals surface area (Å²) in [6.07, 6.45) is 14.2. The van der Waals surface area contributed by atoms with Crippen LogP contribution in [-0.2, 0) is 17.6 Å². The van der Waals surface area contributed by atoms with Gasteiger partial charge >= 0.3 is 0 Å². The number of nitrogens with one attached hydrogen (secondary N) is 1. The highest BCUT2D eigenvalue weighted by atomic mass is 16.1. The van der Waals surface area contributed by atoms with E-state index in [-0.39, 0.29) is 5.78 Å². The van der Waals surface area contributed by atoms with E-state index in [1.807, 2.05) is 27.0 Å². The molecule has 3 aromatic heterocycles. The second-order valence-electron chi connectivity index (χ2n) is 10.4. The summed E-state index contributed by atoms with van der Waals surface area (Å²) in [6, 6.07) is 4.45. The molecule has 0 spiro atoms. The Morgan fingerprint density at radius 1 is 1.05 bits per heavy atom. The third kappa shape index (κ3) is 10.1. The molecular formula is C33H53N5O. The van der Waals surface area contributed by atoms with E-state index in [0.717, 1.165) is 69.1 Å². The lowest BCUT2D eigenvalue weighted by Crippen LogP contribution is -2.44. The topological polar surface area (TPSA) is 62.5 Å². The standard InChI is InChI=1S/C13H21N3.C13H16N2.C5H10O.C2H6/c1-3-4-12-11(2)15-6-5-13(12)16-9-7-14-8-10-16;1-3-10-8-15-7-9(2)14-13(15)6-12(10)11-4-5-11;1-3-4-5(2)6;1-2/h5-6,14H,3-4,7-10H2,1-2H3;6-8,11H,3-5H2,1-2H3;3-4H2,1-2H3;1-2H3. The molecule has 39 heavy (non-hydrogen) atoms. The van der Waals surface area contributed by atoms with Crippen LogP contribution in [0.5, 0.6) is 0 Å². The average molecular weight is 536 g/mol. The van der Waals surface area contributed by atoms with Crippen molar-refractivity contribution in [3.8, 4) is 0 Å². The smallest absolute Gasteiger partial charge is 0.137 e. The molecular weight excluding hydrogens is 482 g/mol. The number of carbonyl (C=O) groups excluding carboxylic acids is 1. The Hall–Kier alpha value is -2.73. The quantitative estimate of drug-likeness (QED) is 0.346. The van der Waals surface area contributed by atoms with Gasteiger partial charge in [0.15, 0.2) is 0 Å². The van der Waals surface area contributed by atoms with Crippen molar-refractivity contribution < 1.29 is 4.79 Å². The van der Waals surface area contributed by atoms with Gasteiger partial charge in [-0.1, -0.05) is 41.0 Å². The molecule has 1 saturated carbocycles. The molecule has 5 rings (SSSR count). The Labute approximate surface area is 237 Å². The van der Waals surface area contributed by atoms with Gasteiger partial charge in [-0.15, -0.1) is 0 Å². The maximum atomic E-state index is 10.0. The fraction of sp³-hybridized carbons (Fsp3) is 0.606. The zero-order valence-corrected chi connectivity index (χ0v) is 25.9. The number of aryl methyl sites for hydroxylation is 3. The van der Waals surface area contributed by atoms with E-state index in [2.05, 4.69) is 76.8 Å². The second-order valence-corrected chi connectivity index (χ2v) is 10.4. The Morgan fingerprint density at radius 3 is 2.28 bits per heavy atom. The Morgan fingerprint density at radius 2 is 1.74 bits per heavy atom. The molecule has 1 aliphatic carbocycles. The number of Topliss-reactive ketones (excluding diaryl/α,β-unsaturated/α-hetero) is 1. The van der Waals surface area contributed by atoms with Gasteiger partial charge in [0.2, 0.25) is 0 Å². The number of ketones is 1. The molecule has 1 N–H and O–H groups in total. The number of aromatic nitrogens is 3. The molecule has 4 heterocycles. The van der Waals surface area contributed by atoms with Gasteiger partial charge in [-0.25, -0.2) is 4.98 Å². The first-order chi connectivity index (χ1) is 18.9. The van der Waals surface area contributed by atoms with Gasteiger partial charge in [0.1, 0.15) is 11.4 Å². The van der Waals surface area contributed by atoms with Crippen LogP contribution in [0.15, 0.2) is 30.7 Å². The molecule has 3 aromatic rings. The van der Waals surface area contributed by atoms with Crippen molar-refractivity contribution in [1.82, 2.24) is 19.7 Å². The van der Waals surface area contributed by atoms with Gasteiger partial charge in [-0.2, -0.15) is 0 Å². The van der Waals surface area contributed by atoms with Crippen LogP contribution in [0.3, 0.4) is 0 Å². The van der Waals surface area contributed by atoms with Crippen molar-refractivity contribution in [3.63, 3.8) is 0 Å². The van der Waals surface area contributed by atoms with Crippen molar-refractivity contribution in [2.24, 2.45) is 0 Å². The highest BCUT2D eigenvalue weighted by Gasteiger charge is 2.26. The van der Waals surface area contributed by atoms with E-state index in [1.54, 1.807) is 6.92 Å². The molecule has 2 fully saturated rings.